The molecule has 0 amide bonds. The molecule has 0 aliphatic rings. The van der Waals surface area contributed by atoms with Crippen molar-refractivity contribution in [1.82, 2.24) is 15.6 Å². The number of thiazole rings is 1. The summed E-state index contributed by atoms with van der Waals surface area (Å²) in [7, 11) is 1.58. The molecular formula is C18H19F4IN4OS. The van der Waals surface area contributed by atoms with Crippen LogP contribution in [0.3, 0.4) is 0 Å². The predicted molar refractivity (Wildman–Crippen MR) is 115 cm³/mol. The second kappa shape index (κ2) is 9.74. The molecule has 0 bridgehead atoms. The van der Waals surface area contributed by atoms with E-state index in [9.17, 15) is 17.6 Å². The number of aliphatic imine (C=N–C) groups is 1. The zero-order valence-corrected chi connectivity index (χ0v) is 18.7. The molecule has 0 aliphatic carbocycles. The summed E-state index contributed by atoms with van der Waals surface area (Å²) in [5.74, 6) is 0.793. The number of guanidine groups is 1. The molecule has 2 heterocycles. The van der Waals surface area contributed by atoms with E-state index in [1.54, 1.807) is 13.1 Å². The number of halogens is 5. The molecule has 3 rings (SSSR count). The van der Waals surface area contributed by atoms with E-state index < -0.39 is 11.9 Å². The first-order valence-electron chi connectivity index (χ1n) is 8.41. The van der Waals surface area contributed by atoms with Gasteiger partial charge < -0.3 is 15.1 Å². The molecule has 0 fully saturated rings. The van der Waals surface area contributed by atoms with Gasteiger partial charge in [0.25, 0.3) is 0 Å². The molecule has 0 aliphatic heterocycles. The third-order valence-corrected chi connectivity index (χ3v) is 5.02. The highest BCUT2D eigenvalue weighted by Crippen LogP contribution is 2.30. The van der Waals surface area contributed by atoms with Gasteiger partial charge in [0, 0.05) is 36.3 Å². The fraction of sp³-hybridized carbons (Fsp3) is 0.333. The minimum absolute atomic E-state index is 0. The summed E-state index contributed by atoms with van der Waals surface area (Å²) in [6.45, 7) is 2.55. The number of benzene rings is 1. The molecule has 0 unspecified atom stereocenters. The quantitative estimate of drug-likeness (QED) is 0.209. The Kier molecular flexibility index (Phi) is 7.86. The van der Waals surface area contributed by atoms with Gasteiger partial charge in [-0.05, 0) is 25.1 Å². The first-order chi connectivity index (χ1) is 13.3. The van der Waals surface area contributed by atoms with Crippen LogP contribution in [-0.4, -0.2) is 24.5 Å². The Bertz CT molecular complexity index is 1000. The summed E-state index contributed by atoms with van der Waals surface area (Å²) in [4.78, 5) is 7.66. The average Bonchev–Trinajstić information content (AvgIpc) is 3.23. The minimum atomic E-state index is -4.42. The van der Waals surface area contributed by atoms with E-state index in [0.29, 0.717) is 47.2 Å². The zero-order valence-electron chi connectivity index (χ0n) is 15.6. The number of nitrogens with zero attached hydrogens (tertiary/aromatic N) is 2. The van der Waals surface area contributed by atoms with Crippen molar-refractivity contribution in [3.8, 4) is 0 Å². The van der Waals surface area contributed by atoms with E-state index >= 15 is 0 Å². The summed E-state index contributed by atoms with van der Waals surface area (Å²) in [6, 6.07) is 4.34. The predicted octanol–water partition coefficient (Wildman–Crippen LogP) is 4.88. The molecule has 0 atom stereocenters. The number of alkyl halides is 3. The lowest BCUT2D eigenvalue weighted by Gasteiger charge is -2.10. The molecule has 11 heteroatoms. The number of furan rings is 1. The van der Waals surface area contributed by atoms with Crippen LogP contribution in [0.1, 0.15) is 22.0 Å². The van der Waals surface area contributed by atoms with Crippen molar-refractivity contribution >= 4 is 52.2 Å². The van der Waals surface area contributed by atoms with E-state index in [0.717, 1.165) is 22.3 Å². The van der Waals surface area contributed by atoms with Crippen molar-refractivity contribution in [3.63, 3.8) is 0 Å². The SMILES string of the molecule is CN=C(NCCc1nc(C(F)(F)F)cs1)NCc1oc2ccc(F)cc2c1C.I. The second-order valence-electron chi connectivity index (χ2n) is 6.02. The van der Waals surface area contributed by atoms with Crippen LogP contribution in [0.5, 0.6) is 0 Å². The highest BCUT2D eigenvalue weighted by molar-refractivity contribution is 14.0. The number of nitrogens with one attached hydrogen (secondary N) is 2. The maximum atomic E-state index is 13.4. The van der Waals surface area contributed by atoms with Crippen molar-refractivity contribution in [1.29, 1.82) is 0 Å². The summed E-state index contributed by atoms with van der Waals surface area (Å²) in [5, 5.41) is 8.21. The highest BCUT2D eigenvalue weighted by atomic mass is 127. The van der Waals surface area contributed by atoms with E-state index in [1.807, 2.05) is 6.92 Å². The van der Waals surface area contributed by atoms with Gasteiger partial charge in [-0.25, -0.2) is 9.37 Å². The topological polar surface area (TPSA) is 62.5 Å². The molecule has 1 aromatic carbocycles. The van der Waals surface area contributed by atoms with Gasteiger partial charge in [-0.3, -0.25) is 4.99 Å². The van der Waals surface area contributed by atoms with E-state index in [-0.39, 0.29) is 29.8 Å². The molecule has 5 nitrogen and oxygen atoms in total. The van der Waals surface area contributed by atoms with Crippen molar-refractivity contribution in [2.45, 2.75) is 26.1 Å². The lowest BCUT2D eigenvalue weighted by molar-refractivity contribution is -0.140. The molecule has 2 N–H and O–H groups in total. The van der Waals surface area contributed by atoms with Gasteiger partial charge >= 0.3 is 6.18 Å². The van der Waals surface area contributed by atoms with E-state index in [2.05, 4.69) is 20.6 Å². The zero-order chi connectivity index (χ0) is 20.3. The van der Waals surface area contributed by atoms with Crippen molar-refractivity contribution in [2.24, 2.45) is 4.99 Å². The highest BCUT2D eigenvalue weighted by Gasteiger charge is 2.33. The number of aryl methyl sites for hydroxylation is 1. The Balaban J connectivity index is 0.00000300. The average molecular weight is 542 g/mol. The molecule has 0 saturated heterocycles. The van der Waals surface area contributed by atoms with Crippen LogP contribution in [0.25, 0.3) is 11.0 Å². The normalized spacial score (nSPS) is 12.1. The number of hydrogen-bond donors (Lipinski definition) is 2. The van der Waals surface area contributed by atoms with Crippen LogP contribution in [0.4, 0.5) is 17.6 Å². The Labute approximate surface area is 185 Å². The lowest BCUT2D eigenvalue weighted by Crippen LogP contribution is -2.37. The number of rotatable bonds is 5. The van der Waals surface area contributed by atoms with Crippen LogP contribution in [0.15, 0.2) is 33.0 Å². The Hall–Kier alpha value is -1.89. The van der Waals surface area contributed by atoms with Crippen LogP contribution < -0.4 is 10.6 Å². The molecule has 3 aromatic rings. The van der Waals surface area contributed by atoms with Crippen LogP contribution in [-0.2, 0) is 19.1 Å². The van der Waals surface area contributed by atoms with Gasteiger partial charge in [0.05, 0.1) is 11.6 Å². The third kappa shape index (κ3) is 5.81. The number of fused-ring (bicyclic) bond motifs is 1. The number of hydrogen-bond acceptors (Lipinski definition) is 4. The third-order valence-electron chi connectivity index (χ3n) is 4.11. The molecule has 158 valence electrons. The second-order valence-corrected chi connectivity index (χ2v) is 6.96. The Morgan fingerprint density at radius 2 is 2.03 bits per heavy atom. The molecule has 2 aromatic heterocycles. The van der Waals surface area contributed by atoms with E-state index in [1.165, 1.54) is 12.1 Å². The fourth-order valence-corrected chi connectivity index (χ4v) is 3.45. The van der Waals surface area contributed by atoms with Gasteiger partial charge in [0.15, 0.2) is 11.7 Å². The maximum Gasteiger partial charge on any atom is 0.434 e. The van der Waals surface area contributed by atoms with Crippen LogP contribution in [0.2, 0.25) is 0 Å². The summed E-state index contributed by atoms with van der Waals surface area (Å²) >= 11 is 0.974. The first kappa shape index (κ1) is 23.4. The molecule has 0 saturated carbocycles. The summed E-state index contributed by atoms with van der Waals surface area (Å²) in [6.07, 6.45) is -4.09. The van der Waals surface area contributed by atoms with Gasteiger partial charge in [-0.15, -0.1) is 35.3 Å². The van der Waals surface area contributed by atoms with Gasteiger partial charge in [0.1, 0.15) is 17.2 Å². The largest absolute Gasteiger partial charge is 0.459 e. The van der Waals surface area contributed by atoms with E-state index in [4.69, 9.17) is 4.42 Å². The molecular weight excluding hydrogens is 523 g/mol. The smallest absolute Gasteiger partial charge is 0.434 e. The first-order valence-corrected chi connectivity index (χ1v) is 9.29. The minimum Gasteiger partial charge on any atom is -0.459 e. The lowest BCUT2D eigenvalue weighted by atomic mass is 10.1. The van der Waals surface area contributed by atoms with Crippen molar-refractivity contribution in [3.05, 3.63) is 51.4 Å². The standard InChI is InChI=1S/C18H18F4N4OS.HI/c1-10-12-7-11(19)3-4-13(12)27-14(10)8-25-17(23-2)24-6-5-16-26-15(9-28-16)18(20,21)22;/h3-4,7,9H,5-6,8H2,1-2H3,(H2,23,24,25);1H. The van der Waals surface area contributed by atoms with Gasteiger partial charge in [-0.1, -0.05) is 0 Å². The Morgan fingerprint density at radius 3 is 2.69 bits per heavy atom. The maximum absolute atomic E-state index is 13.4. The number of aromatic nitrogens is 1. The molecule has 29 heavy (non-hydrogen) atoms. The van der Waals surface area contributed by atoms with Gasteiger partial charge in [0.2, 0.25) is 0 Å². The molecule has 0 radical (unpaired) electrons. The Morgan fingerprint density at radius 1 is 1.28 bits per heavy atom. The summed E-state index contributed by atoms with van der Waals surface area (Å²) in [5.41, 5.74) is 0.564. The van der Waals surface area contributed by atoms with Crippen molar-refractivity contribution in [2.75, 3.05) is 13.6 Å². The molecule has 0 spiro atoms. The van der Waals surface area contributed by atoms with Gasteiger partial charge in [-0.2, -0.15) is 13.2 Å². The monoisotopic (exact) mass is 542 g/mol. The van der Waals surface area contributed by atoms with Crippen molar-refractivity contribution < 1.29 is 22.0 Å². The van der Waals surface area contributed by atoms with Crippen LogP contribution in [0, 0.1) is 12.7 Å². The summed E-state index contributed by atoms with van der Waals surface area (Å²) < 4.78 is 56.8. The fourth-order valence-electron chi connectivity index (χ4n) is 2.64. The van der Waals surface area contributed by atoms with Crippen LogP contribution >= 0.6 is 35.3 Å².